The maximum absolute atomic E-state index is 2.46. The lowest BCUT2D eigenvalue weighted by Gasteiger charge is -2.26. The molecule has 0 heteroatoms. The third kappa shape index (κ3) is 2.33. The summed E-state index contributed by atoms with van der Waals surface area (Å²) < 4.78 is 0. The predicted octanol–water partition coefficient (Wildman–Crippen LogP) is 8.58. The van der Waals surface area contributed by atoms with Gasteiger partial charge >= 0.3 is 0 Å². The molecule has 0 bridgehead atoms. The van der Waals surface area contributed by atoms with E-state index in [-0.39, 0.29) is 10.8 Å². The Labute approximate surface area is 192 Å². The fourth-order valence-corrected chi connectivity index (χ4v) is 6.58. The van der Waals surface area contributed by atoms with E-state index in [0.717, 1.165) is 0 Å². The highest BCUT2D eigenvalue weighted by molar-refractivity contribution is 5.89. The van der Waals surface area contributed by atoms with Crippen LogP contribution >= 0.6 is 0 Å². The highest BCUT2D eigenvalue weighted by Crippen LogP contribution is 2.53. The van der Waals surface area contributed by atoms with E-state index in [4.69, 9.17) is 0 Å². The average Bonchev–Trinajstić information content (AvgIpc) is 3.14. The lowest BCUT2D eigenvalue weighted by molar-refractivity contribution is 0.656. The van der Waals surface area contributed by atoms with Crippen LogP contribution in [-0.4, -0.2) is 0 Å². The molecule has 0 nitrogen and oxygen atoms in total. The molecule has 0 heterocycles. The number of fused-ring (bicyclic) bond motifs is 6. The summed E-state index contributed by atoms with van der Waals surface area (Å²) in [5.41, 5.74) is 17.0. The molecule has 0 saturated heterocycles. The summed E-state index contributed by atoms with van der Waals surface area (Å²) in [6.45, 7) is 14.1. The lowest BCUT2D eigenvalue weighted by atomic mass is 9.78. The normalized spacial score (nSPS) is 16.3. The fraction of sp³-hybridized carbons (Fsp3) is 0.250. The van der Waals surface area contributed by atoms with Gasteiger partial charge in [-0.15, -0.1) is 0 Å². The monoisotopic (exact) mass is 414 g/mol. The molecule has 0 aliphatic heterocycles. The van der Waals surface area contributed by atoms with Crippen LogP contribution < -0.4 is 0 Å². The van der Waals surface area contributed by atoms with Crippen LogP contribution in [0.4, 0.5) is 0 Å². The van der Waals surface area contributed by atoms with Gasteiger partial charge < -0.3 is 0 Å². The summed E-state index contributed by atoms with van der Waals surface area (Å²) in [4.78, 5) is 0. The van der Waals surface area contributed by atoms with Gasteiger partial charge in [0.15, 0.2) is 0 Å². The molecule has 0 amide bonds. The molecule has 0 aromatic heterocycles. The molecule has 32 heavy (non-hydrogen) atoms. The maximum atomic E-state index is 2.46. The second kappa shape index (κ2) is 6.23. The van der Waals surface area contributed by atoms with Crippen molar-refractivity contribution in [2.45, 2.75) is 52.4 Å². The van der Waals surface area contributed by atoms with Crippen molar-refractivity contribution in [1.29, 1.82) is 0 Å². The zero-order chi connectivity index (χ0) is 22.4. The van der Waals surface area contributed by atoms with Crippen molar-refractivity contribution in [3.63, 3.8) is 0 Å². The van der Waals surface area contributed by atoms with E-state index in [1.54, 1.807) is 0 Å². The van der Waals surface area contributed by atoms with E-state index in [2.05, 4.69) is 114 Å². The van der Waals surface area contributed by atoms with Crippen molar-refractivity contribution in [3.05, 3.63) is 106 Å². The highest BCUT2D eigenvalue weighted by Gasteiger charge is 2.38. The lowest BCUT2D eigenvalue weighted by Crippen LogP contribution is -2.17. The molecule has 0 atom stereocenters. The first kappa shape index (κ1) is 19.6. The van der Waals surface area contributed by atoms with E-state index >= 15 is 0 Å². The van der Waals surface area contributed by atoms with Crippen LogP contribution in [-0.2, 0) is 10.8 Å². The first-order valence-electron chi connectivity index (χ1n) is 11.7. The second-order valence-corrected chi connectivity index (χ2v) is 10.7. The van der Waals surface area contributed by atoms with Gasteiger partial charge in [-0.1, -0.05) is 94.4 Å². The number of rotatable bonds is 1. The third-order valence-corrected chi connectivity index (χ3v) is 8.20. The molecule has 2 aliphatic carbocycles. The molecule has 4 aromatic rings. The molecule has 0 spiro atoms. The highest BCUT2D eigenvalue weighted by atomic mass is 14.4. The Balaban J connectivity index is 1.60. The topological polar surface area (TPSA) is 0 Å². The van der Waals surface area contributed by atoms with Gasteiger partial charge in [0.1, 0.15) is 0 Å². The standard InChI is InChI=1S/C32H30/c1-19-17-29-26(23-12-8-9-13-27(23)31(29,3)4)18-25(19)21-15-16-24-22-11-7-10-14-28(22)32(5,6)30(24)20(21)2/h7-18H,1-6H3. The Kier molecular flexibility index (Phi) is 3.81. The van der Waals surface area contributed by atoms with Gasteiger partial charge in [0, 0.05) is 10.8 Å². The van der Waals surface area contributed by atoms with Gasteiger partial charge in [-0.3, -0.25) is 0 Å². The van der Waals surface area contributed by atoms with Crippen LogP contribution in [0.3, 0.4) is 0 Å². The maximum Gasteiger partial charge on any atom is 0.0161 e. The zero-order valence-corrected chi connectivity index (χ0v) is 19.9. The van der Waals surface area contributed by atoms with E-state index in [0.29, 0.717) is 0 Å². The summed E-state index contributed by atoms with van der Waals surface area (Å²) in [7, 11) is 0. The molecule has 0 saturated carbocycles. The van der Waals surface area contributed by atoms with Crippen LogP contribution in [0.15, 0.2) is 72.8 Å². The Hall–Kier alpha value is -3.12. The number of hydrogen-bond donors (Lipinski definition) is 0. The Morgan fingerprint density at radius 3 is 1.72 bits per heavy atom. The minimum Gasteiger partial charge on any atom is -0.0619 e. The molecular formula is C32H30. The molecule has 4 aromatic carbocycles. The average molecular weight is 415 g/mol. The quantitative estimate of drug-likeness (QED) is 0.292. The molecular weight excluding hydrogens is 384 g/mol. The summed E-state index contributed by atoms with van der Waals surface area (Å²) in [5.74, 6) is 0. The SMILES string of the molecule is Cc1cc2c(cc1-c1ccc3c(c1C)C(C)(C)c1ccccc1-3)-c1ccccc1C2(C)C. The van der Waals surface area contributed by atoms with Gasteiger partial charge in [0.2, 0.25) is 0 Å². The predicted molar refractivity (Wildman–Crippen MR) is 136 cm³/mol. The van der Waals surface area contributed by atoms with Gasteiger partial charge in [-0.2, -0.15) is 0 Å². The number of hydrogen-bond acceptors (Lipinski definition) is 0. The van der Waals surface area contributed by atoms with Crippen molar-refractivity contribution >= 4 is 0 Å². The van der Waals surface area contributed by atoms with Crippen LogP contribution in [0.2, 0.25) is 0 Å². The van der Waals surface area contributed by atoms with Crippen LogP contribution in [0.5, 0.6) is 0 Å². The first-order chi connectivity index (χ1) is 15.2. The van der Waals surface area contributed by atoms with Crippen LogP contribution in [0.25, 0.3) is 33.4 Å². The Morgan fingerprint density at radius 1 is 0.469 bits per heavy atom. The summed E-state index contributed by atoms with van der Waals surface area (Å²) in [6, 6.07) is 27.5. The van der Waals surface area contributed by atoms with Crippen LogP contribution in [0, 0.1) is 13.8 Å². The van der Waals surface area contributed by atoms with Gasteiger partial charge in [-0.25, -0.2) is 0 Å². The molecule has 0 radical (unpaired) electrons. The minimum absolute atomic E-state index is 0.0191. The number of benzene rings is 4. The number of aryl methyl sites for hydroxylation is 1. The van der Waals surface area contributed by atoms with Crippen molar-refractivity contribution in [2.24, 2.45) is 0 Å². The minimum atomic E-state index is 0.0191. The van der Waals surface area contributed by atoms with E-state index in [1.165, 1.54) is 66.8 Å². The molecule has 0 fully saturated rings. The molecule has 158 valence electrons. The van der Waals surface area contributed by atoms with Crippen molar-refractivity contribution in [1.82, 2.24) is 0 Å². The molecule has 0 N–H and O–H groups in total. The van der Waals surface area contributed by atoms with Crippen molar-refractivity contribution in [2.75, 3.05) is 0 Å². The van der Waals surface area contributed by atoms with Crippen molar-refractivity contribution < 1.29 is 0 Å². The first-order valence-corrected chi connectivity index (χ1v) is 11.7. The van der Waals surface area contributed by atoms with E-state index in [1.807, 2.05) is 0 Å². The largest absolute Gasteiger partial charge is 0.0619 e. The third-order valence-electron chi connectivity index (χ3n) is 8.20. The zero-order valence-electron chi connectivity index (χ0n) is 19.9. The smallest absolute Gasteiger partial charge is 0.0161 e. The Morgan fingerprint density at radius 2 is 1.03 bits per heavy atom. The summed E-state index contributed by atoms with van der Waals surface area (Å²) in [5, 5.41) is 0. The Bertz CT molecular complexity index is 1430. The van der Waals surface area contributed by atoms with Gasteiger partial charge in [0.25, 0.3) is 0 Å². The van der Waals surface area contributed by atoms with Crippen molar-refractivity contribution in [3.8, 4) is 33.4 Å². The fourth-order valence-electron chi connectivity index (χ4n) is 6.58. The van der Waals surface area contributed by atoms with E-state index < -0.39 is 0 Å². The summed E-state index contributed by atoms with van der Waals surface area (Å²) in [6.07, 6.45) is 0. The van der Waals surface area contributed by atoms with Gasteiger partial charge in [0.05, 0.1) is 0 Å². The second-order valence-electron chi connectivity index (χ2n) is 10.7. The molecule has 2 aliphatic rings. The van der Waals surface area contributed by atoms with Crippen LogP contribution in [0.1, 0.15) is 61.1 Å². The molecule has 0 unspecified atom stereocenters. The molecule has 6 rings (SSSR count). The van der Waals surface area contributed by atoms with Gasteiger partial charge in [-0.05, 0) is 86.7 Å². The van der Waals surface area contributed by atoms with E-state index in [9.17, 15) is 0 Å². The summed E-state index contributed by atoms with van der Waals surface area (Å²) >= 11 is 0.